The molecule has 24 heavy (non-hydrogen) atoms. The van der Waals surface area contributed by atoms with Crippen molar-refractivity contribution in [2.24, 2.45) is 0 Å². The Morgan fingerprint density at radius 3 is 2.38 bits per heavy atom. The van der Waals surface area contributed by atoms with E-state index in [-0.39, 0.29) is 11.7 Å². The molecule has 1 aliphatic heterocycles. The van der Waals surface area contributed by atoms with Gasteiger partial charge in [-0.15, -0.1) is 0 Å². The van der Waals surface area contributed by atoms with Gasteiger partial charge in [0.1, 0.15) is 5.82 Å². The van der Waals surface area contributed by atoms with Gasteiger partial charge in [0.2, 0.25) is 0 Å². The van der Waals surface area contributed by atoms with Gasteiger partial charge >= 0.3 is 0 Å². The Hall–Kier alpha value is -1.72. The zero-order valence-corrected chi connectivity index (χ0v) is 15.0. The van der Waals surface area contributed by atoms with Crippen molar-refractivity contribution in [2.45, 2.75) is 6.42 Å². The fourth-order valence-corrected chi connectivity index (χ4v) is 3.41. The molecule has 3 nitrogen and oxygen atoms in total. The van der Waals surface area contributed by atoms with Gasteiger partial charge in [-0.25, -0.2) is 4.39 Å². The molecule has 0 bridgehead atoms. The second-order valence-electron chi connectivity index (χ2n) is 5.96. The molecule has 0 spiro atoms. The third-order valence-electron chi connectivity index (χ3n) is 4.42. The lowest BCUT2D eigenvalue weighted by Crippen LogP contribution is -2.49. The van der Waals surface area contributed by atoms with Gasteiger partial charge in [0.25, 0.3) is 5.91 Å². The number of carbonyl (C=O) groups excluding carboxylic acids is 1. The van der Waals surface area contributed by atoms with Crippen LogP contribution in [0.4, 0.5) is 4.39 Å². The van der Waals surface area contributed by atoms with E-state index in [1.165, 1.54) is 6.07 Å². The molecule has 0 radical (unpaired) electrons. The Bertz CT molecular complexity index is 714. The average molecular weight is 391 g/mol. The van der Waals surface area contributed by atoms with E-state index in [1.54, 1.807) is 6.07 Å². The van der Waals surface area contributed by atoms with E-state index in [0.717, 1.165) is 29.7 Å². The Kier molecular flexibility index (Phi) is 5.63. The predicted molar refractivity (Wildman–Crippen MR) is 96.6 cm³/mol. The number of piperazine rings is 1. The molecule has 0 saturated carbocycles. The van der Waals surface area contributed by atoms with Gasteiger partial charge in [0.05, 0.1) is 5.56 Å². The first-order valence-electron chi connectivity index (χ1n) is 8.15. The SMILES string of the molecule is O=C(c1ccccc1Br)N1CCN(CCc2ccccc2F)CC1. The van der Waals surface area contributed by atoms with Crippen LogP contribution in [0.5, 0.6) is 0 Å². The number of hydrogen-bond acceptors (Lipinski definition) is 2. The number of amides is 1. The maximum absolute atomic E-state index is 13.7. The number of halogens is 2. The summed E-state index contributed by atoms with van der Waals surface area (Å²) in [5.74, 6) is -0.0727. The summed E-state index contributed by atoms with van der Waals surface area (Å²) in [6.45, 7) is 3.88. The molecule has 1 amide bonds. The molecule has 0 N–H and O–H groups in total. The van der Waals surface area contributed by atoms with Crippen LogP contribution in [0.15, 0.2) is 53.0 Å². The highest BCUT2D eigenvalue weighted by Crippen LogP contribution is 2.19. The van der Waals surface area contributed by atoms with Crippen molar-refractivity contribution in [3.05, 3.63) is 69.9 Å². The monoisotopic (exact) mass is 390 g/mol. The van der Waals surface area contributed by atoms with E-state index in [1.807, 2.05) is 41.3 Å². The van der Waals surface area contributed by atoms with Crippen LogP contribution in [0.1, 0.15) is 15.9 Å². The summed E-state index contributed by atoms with van der Waals surface area (Å²) in [4.78, 5) is 16.8. The molecule has 0 aromatic heterocycles. The molecule has 3 rings (SSSR count). The Balaban J connectivity index is 1.52. The topological polar surface area (TPSA) is 23.6 Å². The molecular weight excluding hydrogens is 371 g/mol. The van der Waals surface area contributed by atoms with Crippen LogP contribution in [0.3, 0.4) is 0 Å². The van der Waals surface area contributed by atoms with E-state index < -0.39 is 0 Å². The normalized spacial score (nSPS) is 15.5. The molecule has 1 fully saturated rings. The highest BCUT2D eigenvalue weighted by atomic mass is 79.9. The summed E-state index contributed by atoms with van der Waals surface area (Å²) in [5, 5.41) is 0. The van der Waals surface area contributed by atoms with Gasteiger partial charge in [-0.1, -0.05) is 30.3 Å². The zero-order valence-electron chi connectivity index (χ0n) is 13.4. The number of carbonyl (C=O) groups is 1. The van der Waals surface area contributed by atoms with Crippen LogP contribution in [-0.2, 0) is 6.42 Å². The van der Waals surface area contributed by atoms with Crippen molar-refractivity contribution >= 4 is 21.8 Å². The summed E-state index contributed by atoms with van der Waals surface area (Å²) in [6, 6.07) is 14.4. The van der Waals surface area contributed by atoms with Gasteiger partial charge in [-0.05, 0) is 46.1 Å². The lowest BCUT2D eigenvalue weighted by atomic mass is 10.1. The summed E-state index contributed by atoms with van der Waals surface area (Å²) in [7, 11) is 0. The van der Waals surface area contributed by atoms with E-state index in [4.69, 9.17) is 0 Å². The van der Waals surface area contributed by atoms with E-state index in [2.05, 4.69) is 20.8 Å². The van der Waals surface area contributed by atoms with Crippen molar-refractivity contribution in [3.63, 3.8) is 0 Å². The maximum Gasteiger partial charge on any atom is 0.255 e. The molecule has 0 aliphatic carbocycles. The summed E-state index contributed by atoms with van der Waals surface area (Å²) >= 11 is 3.44. The first kappa shape index (κ1) is 17.1. The molecule has 5 heteroatoms. The van der Waals surface area contributed by atoms with Crippen LogP contribution in [-0.4, -0.2) is 48.4 Å². The number of rotatable bonds is 4. The van der Waals surface area contributed by atoms with Crippen LogP contribution in [0.2, 0.25) is 0 Å². The van der Waals surface area contributed by atoms with E-state index in [0.29, 0.717) is 25.1 Å². The zero-order chi connectivity index (χ0) is 16.9. The molecule has 126 valence electrons. The molecule has 2 aromatic rings. The summed E-state index contributed by atoms with van der Waals surface area (Å²) in [5.41, 5.74) is 1.46. The number of nitrogens with zero attached hydrogens (tertiary/aromatic N) is 2. The number of hydrogen-bond donors (Lipinski definition) is 0. The molecule has 1 saturated heterocycles. The van der Waals surface area contributed by atoms with E-state index >= 15 is 0 Å². The summed E-state index contributed by atoms with van der Waals surface area (Å²) in [6.07, 6.45) is 0.699. The number of benzene rings is 2. The minimum atomic E-state index is -0.139. The quantitative estimate of drug-likeness (QED) is 0.796. The minimum Gasteiger partial charge on any atom is -0.336 e. The molecule has 2 aromatic carbocycles. The largest absolute Gasteiger partial charge is 0.336 e. The van der Waals surface area contributed by atoms with Gasteiger partial charge in [-0.3, -0.25) is 9.69 Å². The first-order chi connectivity index (χ1) is 11.6. The lowest BCUT2D eigenvalue weighted by molar-refractivity contribution is 0.0637. The van der Waals surface area contributed by atoms with Crippen molar-refractivity contribution in [1.29, 1.82) is 0 Å². The Labute approximate surface area is 150 Å². The maximum atomic E-state index is 13.7. The summed E-state index contributed by atoms with van der Waals surface area (Å²) < 4.78 is 14.5. The van der Waals surface area contributed by atoms with Gasteiger partial charge in [0.15, 0.2) is 0 Å². The third-order valence-corrected chi connectivity index (χ3v) is 5.11. The van der Waals surface area contributed by atoms with Crippen molar-refractivity contribution < 1.29 is 9.18 Å². The van der Waals surface area contributed by atoms with Gasteiger partial charge < -0.3 is 4.90 Å². The fourth-order valence-electron chi connectivity index (χ4n) is 2.96. The van der Waals surface area contributed by atoms with Crippen LogP contribution in [0, 0.1) is 5.82 Å². The van der Waals surface area contributed by atoms with Crippen molar-refractivity contribution in [2.75, 3.05) is 32.7 Å². The molecule has 0 unspecified atom stereocenters. The van der Waals surface area contributed by atoms with Crippen LogP contribution in [0.25, 0.3) is 0 Å². The van der Waals surface area contributed by atoms with Gasteiger partial charge in [0, 0.05) is 37.2 Å². The van der Waals surface area contributed by atoms with Crippen LogP contribution < -0.4 is 0 Å². The van der Waals surface area contributed by atoms with E-state index in [9.17, 15) is 9.18 Å². The molecular formula is C19H20BrFN2O. The van der Waals surface area contributed by atoms with Crippen molar-refractivity contribution in [1.82, 2.24) is 9.80 Å². The van der Waals surface area contributed by atoms with Crippen molar-refractivity contribution in [3.8, 4) is 0 Å². The Morgan fingerprint density at radius 1 is 1.00 bits per heavy atom. The standard InChI is InChI=1S/C19H20BrFN2O/c20-17-7-3-2-6-16(17)19(24)23-13-11-22(12-14-23)10-9-15-5-1-4-8-18(15)21/h1-8H,9-14H2. The van der Waals surface area contributed by atoms with Gasteiger partial charge in [-0.2, -0.15) is 0 Å². The molecule has 1 aliphatic rings. The first-order valence-corrected chi connectivity index (χ1v) is 8.94. The predicted octanol–water partition coefficient (Wildman–Crippen LogP) is 3.59. The molecule has 0 atom stereocenters. The van der Waals surface area contributed by atoms with Crippen LogP contribution >= 0.6 is 15.9 Å². The minimum absolute atomic E-state index is 0.0660. The second-order valence-corrected chi connectivity index (χ2v) is 6.81. The molecule has 1 heterocycles. The smallest absolute Gasteiger partial charge is 0.255 e. The lowest BCUT2D eigenvalue weighted by Gasteiger charge is -2.35. The highest BCUT2D eigenvalue weighted by molar-refractivity contribution is 9.10. The second kappa shape index (κ2) is 7.90. The fraction of sp³-hybridized carbons (Fsp3) is 0.316. The highest BCUT2D eigenvalue weighted by Gasteiger charge is 2.23. The Morgan fingerprint density at radius 2 is 1.67 bits per heavy atom. The third kappa shape index (κ3) is 4.02. The average Bonchev–Trinajstić information content (AvgIpc) is 2.61.